The van der Waals surface area contributed by atoms with Gasteiger partial charge in [-0.3, -0.25) is 10.7 Å². The van der Waals surface area contributed by atoms with Crippen LogP contribution in [0, 0.1) is 0 Å². The van der Waals surface area contributed by atoms with Crippen LogP contribution in [0.3, 0.4) is 0 Å². The third kappa shape index (κ3) is 2.19. The van der Waals surface area contributed by atoms with E-state index in [0.29, 0.717) is 12.7 Å². The summed E-state index contributed by atoms with van der Waals surface area (Å²) in [6.07, 6.45) is 1.04. The van der Waals surface area contributed by atoms with Crippen LogP contribution in [0.2, 0.25) is 0 Å². The van der Waals surface area contributed by atoms with Crippen molar-refractivity contribution in [1.82, 2.24) is 0 Å². The predicted molar refractivity (Wildman–Crippen MR) is 48.1 cm³/mol. The molecule has 0 spiro atoms. The van der Waals surface area contributed by atoms with Crippen LogP contribution in [0.5, 0.6) is 0 Å². The van der Waals surface area contributed by atoms with Crippen molar-refractivity contribution in [1.29, 1.82) is 0 Å². The Balaban J connectivity index is 2.77. The standard InChI is InChI=1S/C10H8NO/c11-7-10(8-12)6-9-4-2-1-3-5-9/h1-5,8H,6H2/q-1. The highest BCUT2D eigenvalue weighted by molar-refractivity contribution is 5.88. The smallest absolute Gasteiger partial charge is 0.152 e. The molecule has 0 amide bonds. The molecule has 60 valence electrons. The monoisotopic (exact) mass is 158 g/mol. The molecule has 0 atom stereocenters. The Morgan fingerprint density at radius 2 is 2.08 bits per heavy atom. The predicted octanol–water partition coefficient (Wildman–Crippen LogP) is 1.59. The highest BCUT2D eigenvalue weighted by atomic mass is 16.1. The van der Waals surface area contributed by atoms with Crippen LogP contribution in [-0.4, -0.2) is 12.2 Å². The van der Waals surface area contributed by atoms with Crippen molar-refractivity contribution in [3.63, 3.8) is 0 Å². The third-order valence-electron chi connectivity index (χ3n) is 1.52. The van der Waals surface area contributed by atoms with E-state index in [1.54, 1.807) is 0 Å². The van der Waals surface area contributed by atoms with E-state index in [-0.39, 0.29) is 5.57 Å². The molecule has 0 aliphatic heterocycles. The lowest BCUT2D eigenvalue weighted by atomic mass is 10.1. The Labute approximate surface area is 71.0 Å². The van der Waals surface area contributed by atoms with Crippen LogP contribution in [0.25, 0.3) is 5.41 Å². The van der Waals surface area contributed by atoms with E-state index in [0.717, 1.165) is 5.56 Å². The highest BCUT2D eigenvalue weighted by Crippen LogP contribution is 2.03. The molecule has 0 unspecified atom stereocenters. The minimum Gasteiger partial charge on any atom is -0.763 e. The lowest BCUT2D eigenvalue weighted by Gasteiger charge is -1.98. The molecule has 1 rings (SSSR count). The van der Waals surface area contributed by atoms with Gasteiger partial charge in [-0.15, -0.1) is 0 Å². The third-order valence-corrected chi connectivity index (χ3v) is 1.52. The largest absolute Gasteiger partial charge is 0.763 e. The second-order valence-corrected chi connectivity index (χ2v) is 2.42. The molecule has 12 heavy (non-hydrogen) atoms. The average molecular weight is 158 g/mol. The number of aldehydes is 1. The fraction of sp³-hybridized carbons (Fsp3) is 0.100. The van der Waals surface area contributed by atoms with Gasteiger partial charge in [-0.25, -0.2) is 0 Å². The Morgan fingerprint density at radius 1 is 1.42 bits per heavy atom. The molecule has 1 aromatic carbocycles. The fourth-order valence-electron chi connectivity index (χ4n) is 0.923. The summed E-state index contributed by atoms with van der Waals surface area (Å²) in [4.78, 5) is 10.3. The summed E-state index contributed by atoms with van der Waals surface area (Å²) in [5.41, 5.74) is 1.25. The number of carbonyl (C=O) groups is 1. The summed E-state index contributed by atoms with van der Waals surface area (Å²) in [7, 11) is 0. The highest BCUT2D eigenvalue weighted by Gasteiger charge is 1.93. The van der Waals surface area contributed by atoms with Crippen LogP contribution in [-0.2, 0) is 11.2 Å². The minimum atomic E-state index is 0.265. The molecular weight excluding hydrogens is 150 g/mol. The summed E-state index contributed by atoms with van der Waals surface area (Å²) in [6, 6.07) is 9.45. The summed E-state index contributed by atoms with van der Waals surface area (Å²) in [5.74, 6) is 1.85. The first-order chi connectivity index (χ1) is 5.86. The number of hydrogen-bond donors (Lipinski definition) is 0. The van der Waals surface area contributed by atoms with E-state index in [4.69, 9.17) is 5.41 Å². The van der Waals surface area contributed by atoms with Crippen molar-refractivity contribution in [2.24, 2.45) is 0 Å². The van der Waals surface area contributed by atoms with Crippen LogP contribution in [0.15, 0.2) is 35.9 Å². The molecule has 0 aliphatic rings. The van der Waals surface area contributed by atoms with E-state index in [2.05, 4.69) is 0 Å². The van der Waals surface area contributed by atoms with E-state index in [9.17, 15) is 4.79 Å². The molecule has 0 radical (unpaired) electrons. The molecule has 0 N–H and O–H groups in total. The van der Waals surface area contributed by atoms with E-state index in [1.807, 2.05) is 36.2 Å². The Hall–Kier alpha value is -1.66. The van der Waals surface area contributed by atoms with E-state index in [1.165, 1.54) is 0 Å². The summed E-state index contributed by atoms with van der Waals surface area (Å²) in [6.45, 7) is 0. The first-order valence-corrected chi connectivity index (χ1v) is 3.62. The van der Waals surface area contributed by atoms with Gasteiger partial charge in [0.2, 0.25) is 0 Å². The molecular formula is C10H8NO-. The van der Waals surface area contributed by atoms with E-state index >= 15 is 0 Å². The Bertz CT molecular complexity index is 310. The molecule has 2 heteroatoms. The van der Waals surface area contributed by atoms with Gasteiger partial charge < -0.3 is 5.41 Å². The minimum absolute atomic E-state index is 0.265. The topological polar surface area (TPSA) is 39.4 Å². The quantitative estimate of drug-likeness (QED) is 0.374. The van der Waals surface area contributed by atoms with E-state index < -0.39 is 0 Å². The van der Waals surface area contributed by atoms with Gasteiger partial charge in [0.1, 0.15) is 0 Å². The molecule has 0 aliphatic carbocycles. The number of hydrogen-bond acceptors (Lipinski definition) is 1. The molecule has 0 bridgehead atoms. The zero-order chi connectivity index (χ0) is 8.81. The lowest BCUT2D eigenvalue weighted by molar-refractivity contribution is -0.104. The first-order valence-electron chi connectivity index (χ1n) is 3.62. The average Bonchev–Trinajstić information content (AvgIpc) is 2.16. The zero-order valence-corrected chi connectivity index (χ0v) is 6.53. The van der Waals surface area contributed by atoms with Gasteiger partial charge in [0.25, 0.3) is 0 Å². The summed E-state index contributed by atoms with van der Waals surface area (Å²) in [5, 5.41) is 8.47. The molecule has 0 aromatic heterocycles. The second kappa shape index (κ2) is 4.27. The molecule has 0 fully saturated rings. The SMILES string of the molecule is [N-]=C=C(C=O)Cc1ccccc1. The molecule has 1 aromatic rings. The lowest BCUT2D eigenvalue weighted by Crippen LogP contribution is -1.91. The molecule has 2 nitrogen and oxygen atoms in total. The molecule has 0 saturated heterocycles. The van der Waals surface area contributed by atoms with Crippen LogP contribution in [0.1, 0.15) is 5.56 Å². The maximum Gasteiger partial charge on any atom is 0.152 e. The Kier molecular flexibility index (Phi) is 3.00. The van der Waals surface area contributed by atoms with Crippen molar-refractivity contribution in [2.75, 3.05) is 0 Å². The maximum absolute atomic E-state index is 10.3. The number of nitrogens with zero attached hydrogens (tertiary/aromatic N) is 1. The van der Waals surface area contributed by atoms with Crippen molar-refractivity contribution < 1.29 is 4.79 Å². The number of rotatable bonds is 3. The fourth-order valence-corrected chi connectivity index (χ4v) is 0.923. The van der Waals surface area contributed by atoms with Crippen LogP contribution >= 0.6 is 0 Å². The van der Waals surface area contributed by atoms with Gasteiger partial charge in [-0.1, -0.05) is 30.3 Å². The number of allylic oxidation sites excluding steroid dienone is 1. The van der Waals surface area contributed by atoms with Crippen molar-refractivity contribution in [2.45, 2.75) is 6.42 Å². The van der Waals surface area contributed by atoms with Gasteiger partial charge in [0.15, 0.2) is 6.29 Å². The van der Waals surface area contributed by atoms with Gasteiger partial charge in [-0.2, -0.15) is 0 Å². The van der Waals surface area contributed by atoms with Gasteiger partial charge in [0, 0.05) is 12.0 Å². The maximum atomic E-state index is 10.3. The molecule has 0 saturated carbocycles. The van der Waals surface area contributed by atoms with Crippen molar-refractivity contribution in [3.8, 4) is 0 Å². The normalized spacial score (nSPS) is 8.67. The summed E-state index contributed by atoms with van der Waals surface area (Å²) >= 11 is 0. The van der Waals surface area contributed by atoms with Crippen molar-refractivity contribution >= 4 is 12.2 Å². The van der Waals surface area contributed by atoms with Gasteiger partial charge >= 0.3 is 0 Å². The zero-order valence-electron chi connectivity index (χ0n) is 6.53. The van der Waals surface area contributed by atoms with Gasteiger partial charge in [0.05, 0.1) is 0 Å². The van der Waals surface area contributed by atoms with Gasteiger partial charge in [-0.05, 0) is 5.56 Å². The van der Waals surface area contributed by atoms with Crippen molar-refractivity contribution in [3.05, 3.63) is 46.9 Å². The first kappa shape index (κ1) is 8.44. The number of benzene rings is 1. The number of carbonyl (C=O) groups excluding carboxylic acids is 1. The van der Waals surface area contributed by atoms with Crippen LogP contribution < -0.4 is 0 Å². The Morgan fingerprint density at radius 3 is 2.58 bits per heavy atom. The van der Waals surface area contributed by atoms with Crippen LogP contribution in [0.4, 0.5) is 0 Å². The summed E-state index contributed by atoms with van der Waals surface area (Å²) < 4.78 is 0. The molecule has 0 heterocycles. The second-order valence-electron chi connectivity index (χ2n) is 2.42.